The Balaban J connectivity index is 1.11. The van der Waals surface area contributed by atoms with Crippen molar-refractivity contribution in [1.82, 2.24) is 0 Å². The average Bonchev–Trinajstić information content (AvgIpc) is 3.84. The van der Waals surface area contributed by atoms with Gasteiger partial charge < -0.3 is 4.90 Å². The molecule has 12 rings (SSSR count). The minimum atomic E-state index is -2.65. The molecule has 0 saturated carbocycles. The van der Waals surface area contributed by atoms with Gasteiger partial charge in [-0.3, -0.25) is 0 Å². The van der Waals surface area contributed by atoms with E-state index in [0.717, 1.165) is 17.1 Å². The van der Waals surface area contributed by atoms with Gasteiger partial charge in [0.15, 0.2) is 8.07 Å². The van der Waals surface area contributed by atoms with Crippen molar-refractivity contribution >= 4 is 45.9 Å². The van der Waals surface area contributed by atoms with Crippen LogP contribution in [-0.2, 0) is 5.41 Å². The fourth-order valence-corrected chi connectivity index (χ4v) is 16.2. The topological polar surface area (TPSA) is 3.24 Å². The summed E-state index contributed by atoms with van der Waals surface area (Å²) in [5.41, 5.74) is 15.5. The van der Waals surface area contributed by atoms with Gasteiger partial charge in [0.2, 0.25) is 0 Å². The zero-order chi connectivity index (χ0) is 41.8. The summed E-state index contributed by atoms with van der Waals surface area (Å²) in [5, 5.41) is 5.68. The Labute approximate surface area is 370 Å². The molecule has 0 spiro atoms. The Morgan fingerprint density at radius 3 is 1.37 bits per heavy atom. The van der Waals surface area contributed by atoms with Crippen LogP contribution in [0.3, 0.4) is 0 Å². The first-order valence-electron chi connectivity index (χ1n) is 21.9. The van der Waals surface area contributed by atoms with Gasteiger partial charge in [0.25, 0.3) is 0 Å². The van der Waals surface area contributed by atoms with E-state index in [1.54, 1.807) is 0 Å². The summed E-state index contributed by atoms with van der Waals surface area (Å²) in [7, 11) is -2.65. The van der Waals surface area contributed by atoms with Crippen molar-refractivity contribution in [2.75, 3.05) is 4.90 Å². The maximum Gasteiger partial charge on any atom is 0.180 e. The maximum absolute atomic E-state index is 2.65. The second-order valence-electron chi connectivity index (χ2n) is 16.8. The van der Waals surface area contributed by atoms with Gasteiger partial charge in [0, 0.05) is 17.1 Å². The van der Waals surface area contributed by atoms with Gasteiger partial charge in [-0.05, 0) is 113 Å². The molecule has 1 heterocycles. The van der Waals surface area contributed by atoms with Crippen LogP contribution in [0.5, 0.6) is 0 Å². The molecule has 63 heavy (non-hydrogen) atoms. The molecule has 0 fully saturated rings. The monoisotopic (exact) mass is 817 g/mol. The highest BCUT2D eigenvalue weighted by molar-refractivity contribution is 7.22. The number of hydrogen-bond acceptors (Lipinski definition) is 1. The predicted molar refractivity (Wildman–Crippen MR) is 266 cm³/mol. The van der Waals surface area contributed by atoms with Crippen molar-refractivity contribution in [1.29, 1.82) is 0 Å². The summed E-state index contributed by atoms with van der Waals surface area (Å²) in [5.74, 6) is 0. The summed E-state index contributed by atoms with van der Waals surface area (Å²) in [4.78, 5) is 2.48. The van der Waals surface area contributed by atoms with Crippen LogP contribution in [0.1, 0.15) is 22.3 Å². The first kappa shape index (κ1) is 37.0. The van der Waals surface area contributed by atoms with Crippen molar-refractivity contribution in [2.24, 2.45) is 0 Å². The molecule has 0 unspecified atom stereocenters. The van der Waals surface area contributed by atoms with Crippen LogP contribution in [0, 0.1) is 0 Å². The van der Waals surface area contributed by atoms with Gasteiger partial charge in [0.05, 0.1) is 5.41 Å². The van der Waals surface area contributed by atoms with Crippen LogP contribution in [-0.4, -0.2) is 8.07 Å². The van der Waals surface area contributed by atoms with E-state index in [9.17, 15) is 0 Å². The molecule has 0 bridgehead atoms. The molecule has 1 nitrogen and oxygen atoms in total. The Hall–Kier alpha value is -7.78. The van der Waals surface area contributed by atoms with Crippen molar-refractivity contribution in [3.8, 4) is 33.4 Å². The number of nitrogens with zero attached hydrogens (tertiary/aromatic N) is 1. The molecule has 0 saturated heterocycles. The lowest BCUT2D eigenvalue weighted by Gasteiger charge is -2.35. The molecule has 0 atom stereocenters. The van der Waals surface area contributed by atoms with Crippen LogP contribution in [0.15, 0.2) is 261 Å². The largest absolute Gasteiger partial charge is 0.310 e. The van der Waals surface area contributed by atoms with Crippen LogP contribution in [0.4, 0.5) is 17.1 Å². The Morgan fingerprint density at radius 2 is 0.730 bits per heavy atom. The van der Waals surface area contributed by atoms with Gasteiger partial charge in [0.1, 0.15) is 0 Å². The van der Waals surface area contributed by atoms with Crippen LogP contribution >= 0.6 is 0 Å². The summed E-state index contributed by atoms with van der Waals surface area (Å²) >= 11 is 0. The lowest BCUT2D eigenvalue weighted by Crippen LogP contribution is -2.72. The molecular weight excluding hydrogens is 775 g/mol. The molecule has 2 heteroatoms. The molecule has 0 aromatic heterocycles. The molecule has 0 amide bonds. The number of rotatable bonds is 8. The van der Waals surface area contributed by atoms with Gasteiger partial charge >= 0.3 is 0 Å². The zero-order valence-electron chi connectivity index (χ0n) is 34.8. The predicted octanol–water partition coefficient (Wildman–Crippen LogP) is 12.5. The van der Waals surface area contributed by atoms with Crippen LogP contribution < -0.4 is 25.6 Å². The lowest BCUT2D eigenvalue weighted by molar-refractivity contribution is 0.768. The molecule has 0 N–H and O–H groups in total. The normalized spacial score (nSPS) is 13.7. The molecule has 1 aliphatic heterocycles. The van der Waals surface area contributed by atoms with Crippen molar-refractivity contribution in [3.63, 3.8) is 0 Å². The van der Waals surface area contributed by atoms with E-state index in [-0.39, 0.29) is 0 Å². The molecular formula is C61H43NSi. The van der Waals surface area contributed by atoms with Crippen molar-refractivity contribution in [3.05, 3.63) is 283 Å². The van der Waals surface area contributed by atoms with E-state index >= 15 is 0 Å². The molecule has 2 aliphatic rings. The molecule has 0 radical (unpaired) electrons. The summed E-state index contributed by atoms with van der Waals surface area (Å²) in [6, 6.07) is 97.2. The maximum atomic E-state index is 2.48. The molecule has 296 valence electrons. The quantitative estimate of drug-likeness (QED) is 0.138. The minimum Gasteiger partial charge on any atom is -0.310 e. The summed E-state index contributed by atoms with van der Waals surface area (Å²) < 4.78 is 0. The van der Waals surface area contributed by atoms with E-state index in [1.165, 1.54) is 76.4 Å². The van der Waals surface area contributed by atoms with E-state index in [0.29, 0.717) is 0 Å². The highest BCUT2D eigenvalue weighted by Crippen LogP contribution is 2.57. The van der Waals surface area contributed by atoms with Gasteiger partial charge in [-0.1, -0.05) is 224 Å². The Bertz CT molecular complexity index is 3180. The third kappa shape index (κ3) is 5.62. The number of anilines is 3. The molecule has 10 aromatic rings. The second-order valence-corrected chi connectivity index (χ2v) is 20.5. The summed E-state index contributed by atoms with van der Waals surface area (Å²) in [6.07, 6.45) is 0. The third-order valence-electron chi connectivity index (χ3n) is 13.6. The van der Waals surface area contributed by atoms with E-state index in [2.05, 4.69) is 266 Å². The average molecular weight is 818 g/mol. The van der Waals surface area contributed by atoms with E-state index < -0.39 is 13.5 Å². The standard InChI is InChI=1S/C61H43NSi/c1-6-20-44(21-7-1)45-34-36-48(37-35-45)62(49-39-41-60-56(42-49)55-31-17-19-33-59(55)63(60,51-26-12-4-13-27-51)52-28-14-5-15-29-52)50-38-40-54-53-30-16-18-32-57(53)61(58(54)43-50,46-22-8-2-9-23-46)47-24-10-3-11-25-47/h1-43H. The SMILES string of the molecule is c1ccc(-c2ccc(N(c3ccc4c(c3)-c3ccccc3[Si]4(c3ccccc3)c3ccccc3)c3ccc4c(c3)C(c3ccccc3)(c3ccccc3)c3ccccc3-4)cc2)cc1. The van der Waals surface area contributed by atoms with Crippen LogP contribution in [0.2, 0.25) is 0 Å². The van der Waals surface area contributed by atoms with Crippen molar-refractivity contribution in [2.45, 2.75) is 5.41 Å². The number of benzene rings is 10. The Kier molecular flexibility index (Phi) is 8.81. The number of hydrogen-bond donors (Lipinski definition) is 0. The highest BCUT2D eigenvalue weighted by Gasteiger charge is 2.49. The molecule has 10 aromatic carbocycles. The zero-order valence-corrected chi connectivity index (χ0v) is 35.8. The smallest absolute Gasteiger partial charge is 0.180 e. The van der Waals surface area contributed by atoms with Gasteiger partial charge in [-0.15, -0.1) is 0 Å². The highest BCUT2D eigenvalue weighted by atomic mass is 28.3. The summed E-state index contributed by atoms with van der Waals surface area (Å²) in [6.45, 7) is 0. The van der Waals surface area contributed by atoms with Crippen molar-refractivity contribution < 1.29 is 0 Å². The molecule has 1 aliphatic carbocycles. The Morgan fingerprint density at radius 1 is 0.286 bits per heavy atom. The van der Waals surface area contributed by atoms with Gasteiger partial charge in [-0.2, -0.15) is 0 Å². The minimum absolute atomic E-state index is 0.513. The number of fused-ring (bicyclic) bond motifs is 6. The fourth-order valence-electron chi connectivity index (χ4n) is 11.0. The fraction of sp³-hybridized carbons (Fsp3) is 0.0164. The first-order chi connectivity index (χ1) is 31.3. The van der Waals surface area contributed by atoms with E-state index in [1.807, 2.05) is 0 Å². The lowest BCUT2D eigenvalue weighted by atomic mass is 9.67. The van der Waals surface area contributed by atoms with E-state index in [4.69, 9.17) is 0 Å². The van der Waals surface area contributed by atoms with Gasteiger partial charge in [-0.25, -0.2) is 0 Å². The third-order valence-corrected chi connectivity index (χ3v) is 18.5. The van der Waals surface area contributed by atoms with Crippen LogP contribution in [0.25, 0.3) is 33.4 Å². The second kappa shape index (κ2) is 15.0. The first-order valence-corrected chi connectivity index (χ1v) is 23.9.